The number of imidazole rings is 1. The number of carbonyl (C=O) groups excluding carboxylic acids is 1. The standard InChI is InChI=1S/C17H18Cl2N6OS/c18-10-6-11(19)8-12(7-10)27-17-23-14-15(21)22-9-25(16(14)24-17)5-3-1-2-4-13(20)26/h6-9H,1-5,21H2,(H2,20,26). The number of fused-ring (bicyclic) bond motifs is 1. The van der Waals surface area contributed by atoms with Gasteiger partial charge in [-0.1, -0.05) is 29.6 Å². The molecular formula is C17H18Cl2N6OS. The third-order valence-electron chi connectivity index (χ3n) is 3.84. The second-order valence-electron chi connectivity index (χ2n) is 5.99. The smallest absolute Gasteiger partial charge is 0.217 e. The van der Waals surface area contributed by atoms with Gasteiger partial charge in [0.25, 0.3) is 0 Å². The number of nitrogens with zero attached hydrogens (tertiary/aromatic N) is 4. The fourth-order valence-corrected chi connectivity index (χ4v) is 4.10. The van der Waals surface area contributed by atoms with Gasteiger partial charge >= 0.3 is 0 Å². The Morgan fingerprint density at radius 1 is 1.11 bits per heavy atom. The number of rotatable bonds is 8. The number of aromatic nitrogens is 4. The van der Waals surface area contributed by atoms with Crippen LogP contribution < -0.4 is 11.5 Å². The number of nitrogen functional groups attached to an aromatic ring is 1. The zero-order valence-electron chi connectivity index (χ0n) is 14.4. The molecule has 2 heterocycles. The molecule has 1 aromatic carbocycles. The van der Waals surface area contributed by atoms with E-state index in [0.717, 1.165) is 24.2 Å². The Hall–Kier alpha value is -2.03. The summed E-state index contributed by atoms with van der Waals surface area (Å²) in [5.41, 5.74) is 11.7. The molecule has 1 amide bonds. The Bertz CT molecular complexity index is 912. The molecule has 27 heavy (non-hydrogen) atoms. The summed E-state index contributed by atoms with van der Waals surface area (Å²) in [5.74, 6) is 0.732. The van der Waals surface area contributed by atoms with Crippen molar-refractivity contribution in [1.82, 2.24) is 19.5 Å². The Morgan fingerprint density at radius 3 is 2.56 bits per heavy atom. The number of unbranched alkanes of at least 4 members (excludes halogenated alkanes) is 2. The number of hydrogen-bond acceptors (Lipinski definition) is 6. The van der Waals surface area contributed by atoms with E-state index in [9.17, 15) is 4.79 Å². The van der Waals surface area contributed by atoms with Crippen molar-refractivity contribution in [2.24, 2.45) is 5.73 Å². The van der Waals surface area contributed by atoms with E-state index in [2.05, 4.69) is 15.0 Å². The van der Waals surface area contributed by atoms with Gasteiger partial charge in [0.15, 0.2) is 22.5 Å². The van der Waals surface area contributed by atoms with E-state index in [1.54, 1.807) is 24.5 Å². The molecule has 142 valence electrons. The van der Waals surface area contributed by atoms with Crippen LogP contribution in [0.1, 0.15) is 25.7 Å². The van der Waals surface area contributed by atoms with Gasteiger partial charge in [0.05, 0.1) is 6.33 Å². The van der Waals surface area contributed by atoms with Crippen LogP contribution in [0.3, 0.4) is 0 Å². The van der Waals surface area contributed by atoms with E-state index >= 15 is 0 Å². The van der Waals surface area contributed by atoms with Crippen molar-refractivity contribution in [1.29, 1.82) is 0 Å². The van der Waals surface area contributed by atoms with Gasteiger partial charge in [0.1, 0.15) is 0 Å². The van der Waals surface area contributed by atoms with Crippen molar-refractivity contribution in [3.8, 4) is 11.5 Å². The van der Waals surface area contributed by atoms with E-state index in [0.29, 0.717) is 45.5 Å². The average Bonchev–Trinajstić information content (AvgIpc) is 3.00. The first-order valence-electron chi connectivity index (χ1n) is 8.33. The largest absolute Gasteiger partial charge is 0.382 e. The molecule has 0 saturated heterocycles. The third kappa shape index (κ3) is 5.24. The molecule has 0 spiro atoms. The molecule has 2 aliphatic rings. The number of anilines is 1. The number of aryl methyl sites for hydroxylation is 1. The summed E-state index contributed by atoms with van der Waals surface area (Å²) >= 11 is 13.4. The molecule has 0 bridgehead atoms. The molecule has 0 aliphatic carbocycles. The first kappa shape index (κ1) is 19.7. The van der Waals surface area contributed by atoms with Gasteiger partial charge < -0.3 is 16.0 Å². The van der Waals surface area contributed by atoms with Crippen LogP contribution >= 0.6 is 35.0 Å². The molecule has 0 radical (unpaired) electrons. The fraction of sp³-hybridized carbons (Fsp3) is 0.294. The van der Waals surface area contributed by atoms with Gasteiger partial charge in [-0.2, -0.15) is 0 Å². The Kier molecular flexibility index (Phi) is 6.41. The zero-order chi connectivity index (χ0) is 19.4. The van der Waals surface area contributed by atoms with Crippen LogP contribution in [-0.2, 0) is 11.3 Å². The molecule has 4 N–H and O–H groups in total. The van der Waals surface area contributed by atoms with Crippen LogP contribution in [0, 0.1) is 0 Å². The lowest BCUT2D eigenvalue weighted by atomic mass is 10.2. The number of nitrogens with two attached hydrogens (primary N) is 2. The maximum Gasteiger partial charge on any atom is 0.217 e. The number of halogens is 2. The molecule has 3 rings (SSSR count). The minimum Gasteiger partial charge on any atom is -0.382 e. The van der Waals surface area contributed by atoms with Gasteiger partial charge in [0.2, 0.25) is 5.91 Å². The molecule has 0 atom stereocenters. The topological polar surface area (TPSA) is 113 Å². The number of primary amides is 1. The van der Waals surface area contributed by atoms with Crippen LogP contribution in [0.4, 0.5) is 5.82 Å². The minimum absolute atomic E-state index is 0.274. The summed E-state index contributed by atoms with van der Waals surface area (Å²) < 4.78 is 1.91. The molecule has 0 unspecified atom stereocenters. The van der Waals surface area contributed by atoms with Gasteiger partial charge in [0, 0.05) is 27.9 Å². The van der Waals surface area contributed by atoms with E-state index in [4.69, 9.17) is 34.7 Å². The summed E-state index contributed by atoms with van der Waals surface area (Å²) in [7, 11) is 0. The summed E-state index contributed by atoms with van der Waals surface area (Å²) in [5, 5.41) is 1.65. The Labute approximate surface area is 170 Å². The second-order valence-corrected chi connectivity index (χ2v) is 7.90. The first-order valence-corrected chi connectivity index (χ1v) is 9.90. The third-order valence-corrected chi connectivity index (χ3v) is 5.11. The summed E-state index contributed by atoms with van der Waals surface area (Å²) in [4.78, 5) is 24.9. The highest BCUT2D eigenvalue weighted by Gasteiger charge is 2.19. The van der Waals surface area contributed by atoms with Crippen molar-refractivity contribution in [3.63, 3.8) is 0 Å². The average molecular weight is 425 g/mol. The second kappa shape index (κ2) is 8.77. The molecule has 0 saturated carbocycles. The van der Waals surface area contributed by atoms with E-state index < -0.39 is 0 Å². The summed E-state index contributed by atoms with van der Waals surface area (Å²) in [6.45, 7) is 0.703. The van der Waals surface area contributed by atoms with Gasteiger partial charge in [-0.05, 0) is 42.8 Å². The van der Waals surface area contributed by atoms with Gasteiger partial charge in [-0.15, -0.1) is 0 Å². The highest BCUT2D eigenvalue weighted by molar-refractivity contribution is 7.99. The van der Waals surface area contributed by atoms with Gasteiger partial charge in [-0.25, -0.2) is 15.0 Å². The Morgan fingerprint density at radius 2 is 1.85 bits per heavy atom. The van der Waals surface area contributed by atoms with Crippen molar-refractivity contribution in [2.75, 3.05) is 5.73 Å². The predicted molar refractivity (Wildman–Crippen MR) is 107 cm³/mol. The minimum atomic E-state index is -0.274. The number of benzene rings is 1. The maximum absolute atomic E-state index is 10.8. The number of hydrogen-bond donors (Lipinski definition) is 2. The molecule has 2 aliphatic heterocycles. The zero-order valence-corrected chi connectivity index (χ0v) is 16.7. The highest BCUT2D eigenvalue weighted by Crippen LogP contribution is 2.34. The van der Waals surface area contributed by atoms with Crippen molar-refractivity contribution in [3.05, 3.63) is 34.6 Å². The molecule has 7 nitrogen and oxygen atoms in total. The van der Waals surface area contributed by atoms with Crippen LogP contribution in [0.5, 0.6) is 0 Å². The molecule has 1 aromatic rings. The lowest BCUT2D eigenvalue weighted by Gasteiger charge is -2.10. The van der Waals surface area contributed by atoms with Crippen molar-refractivity contribution >= 4 is 46.7 Å². The molecule has 0 fully saturated rings. The summed E-state index contributed by atoms with van der Waals surface area (Å²) in [6, 6.07) is 5.27. The highest BCUT2D eigenvalue weighted by atomic mass is 35.5. The molecule has 10 heteroatoms. The molecular weight excluding hydrogens is 407 g/mol. The number of carbonyl (C=O) groups is 1. The predicted octanol–water partition coefficient (Wildman–Crippen LogP) is 3.86. The van der Waals surface area contributed by atoms with Crippen LogP contribution in [0.2, 0.25) is 10.0 Å². The first-order chi connectivity index (χ1) is 12.9. The van der Waals surface area contributed by atoms with Crippen LogP contribution in [0.25, 0.3) is 11.5 Å². The lowest BCUT2D eigenvalue weighted by molar-refractivity contribution is -0.118. The normalized spacial score (nSPS) is 11.2. The Balaban J connectivity index is 1.75. The SMILES string of the molecule is NC(=O)CCCCCn1cnc(N)c2nc(Sc3cc(Cl)cc(Cl)c3)nc1-2. The summed E-state index contributed by atoms with van der Waals surface area (Å²) in [6.07, 6.45) is 4.59. The monoisotopic (exact) mass is 424 g/mol. The number of amides is 1. The van der Waals surface area contributed by atoms with E-state index in [1.165, 1.54) is 11.8 Å². The quantitative estimate of drug-likeness (QED) is 0.530. The van der Waals surface area contributed by atoms with Crippen molar-refractivity contribution in [2.45, 2.75) is 42.3 Å². The van der Waals surface area contributed by atoms with E-state index in [1.807, 2.05) is 4.57 Å². The fourth-order valence-electron chi connectivity index (χ4n) is 2.59. The van der Waals surface area contributed by atoms with E-state index in [-0.39, 0.29) is 5.91 Å². The van der Waals surface area contributed by atoms with Crippen molar-refractivity contribution < 1.29 is 4.79 Å². The maximum atomic E-state index is 10.8. The van der Waals surface area contributed by atoms with Gasteiger partial charge in [-0.3, -0.25) is 4.79 Å². The van der Waals surface area contributed by atoms with Crippen LogP contribution in [0.15, 0.2) is 34.6 Å². The molecule has 0 aromatic heterocycles. The van der Waals surface area contributed by atoms with Crippen LogP contribution in [-0.4, -0.2) is 25.4 Å². The lowest BCUT2D eigenvalue weighted by Crippen LogP contribution is -2.10.